The zero-order valence-corrected chi connectivity index (χ0v) is 8.70. The SMILES string of the molecule is COc1ccc(N2CCCCC2)cc1. The molecule has 1 aliphatic rings. The Balaban J connectivity index is 2.07. The van der Waals surface area contributed by atoms with Crippen molar-refractivity contribution < 1.29 is 4.74 Å². The second-order valence-electron chi connectivity index (χ2n) is 3.75. The normalized spacial score (nSPS) is 16.8. The minimum absolute atomic E-state index is 0.936. The van der Waals surface area contributed by atoms with E-state index in [1.807, 2.05) is 12.1 Å². The van der Waals surface area contributed by atoms with E-state index in [2.05, 4.69) is 17.0 Å². The molecule has 76 valence electrons. The van der Waals surface area contributed by atoms with E-state index in [4.69, 9.17) is 4.74 Å². The number of methoxy groups -OCH3 is 1. The standard InChI is InChI=1S/C12H17NO/c1-14-12-7-5-11(6-8-12)13-9-3-2-4-10-13/h5-8H,2-4,9-10H2,1H3. The highest BCUT2D eigenvalue weighted by molar-refractivity contribution is 5.49. The molecule has 1 aromatic rings. The summed E-state index contributed by atoms with van der Waals surface area (Å²) in [6.45, 7) is 2.40. The summed E-state index contributed by atoms with van der Waals surface area (Å²) < 4.78 is 5.14. The Hall–Kier alpha value is -1.18. The molecule has 2 rings (SSSR count). The zero-order valence-electron chi connectivity index (χ0n) is 8.70. The molecule has 2 heteroatoms. The molecule has 0 amide bonds. The van der Waals surface area contributed by atoms with Crippen molar-refractivity contribution in [2.45, 2.75) is 19.3 Å². The summed E-state index contributed by atoms with van der Waals surface area (Å²) in [5, 5.41) is 0. The van der Waals surface area contributed by atoms with Crippen LogP contribution in [-0.4, -0.2) is 20.2 Å². The van der Waals surface area contributed by atoms with Gasteiger partial charge in [-0.1, -0.05) is 0 Å². The van der Waals surface area contributed by atoms with Gasteiger partial charge in [-0.25, -0.2) is 0 Å². The Labute approximate surface area is 85.5 Å². The van der Waals surface area contributed by atoms with E-state index < -0.39 is 0 Å². The Morgan fingerprint density at radius 3 is 2.21 bits per heavy atom. The second-order valence-corrected chi connectivity index (χ2v) is 3.75. The number of benzene rings is 1. The molecular weight excluding hydrogens is 174 g/mol. The van der Waals surface area contributed by atoms with Crippen molar-refractivity contribution in [3.05, 3.63) is 24.3 Å². The lowest BCUT2D eigenvalue weighted by Crippen LogP contribution is -2.29. The molecule has 0 N–H and O–H groups in total. The van der Waals surface area contributed by atoms with Gasteiger partial charge in [0.25, 0.3) is 0 Å². The third-order valence-electron chi connectivity index (χ3n) is 2.79. The first-order chi connectivity index (χ1) is 6.90. The Morgan fingerprint density at radius 2 is 1.64 bits per heavy atom. The first kappa shape index (κ1) is 9.38. The van der Waals surface area contributed by atoms with Gasteiger partial charge in [-0.05, 0) is 43.5 Å². The van der Waals surface area contributed by atoms with Crippen molar-refractivity contribution in [2.24, 2.45) is 0 Å². The molecule has 0 spiro atoms. The third-order valence-corrected chi connectivity index (χ3v) is 2.79. The van der Waals surface area contributed by atoms with E-state index in [0.717, 1.165) is 5.75 Å². The highest BCUT2D eigenvalue weighted by Gasteiger charge is 2.10. The molecule has 0 bridgehead atoms. The van der Waals surface area contributed by atoms with Gasteiger partial charge < -0.3 is 9.64 Å². The molecule has 1 saturated heterocycles. The van der Waals surface area contributed by atoms with E-state index in [-0.39, 0.29) is 0 Å². The summed E-state index contributed by atoms with van der Waals surface area (Å²) in [6, 6.07) is 8.35. The summed E-state index contributed by atoms with van der Waals surface area (Å²) in [7, 11) is 1.70. The number of nitrogens with zero attached hydrogens (tertiary/aromatic N) is 1. The minimum Gasteiger partial charge on any atom is -0.497 e. The average molecular weight is 191 g/mol. The smallest absolute Gasteiger partial charge is 0.119 e. The van der Waals surface area contributed by atoms with Gasteiger partial charge in [0.15, 0.2) is 0 Å². The number of ether oxygens (including phenoxy) is 1. The van der Waals surface area contributed by atoms with Crippen LogP contribution < -0.4 is 9.64 Å². The molecule has 0 saturated carbocycles. The zero-order chi connectivity index (χ0) is 9.80. The molecule has 0 radical (unpaired) electrons. The molecule has 14 heavy (non-hydrogen) atoms. The third kappa shape index (κ3) is 2.00. The molecule has 0 aliphatic carbocycles. The number of hydrogen-bond acceptors (Lipinski definition) is 2. The number of hydrogen-bond donors (Lipinski definition) is 0. The molecule has 1 aliphatic heterocycles. The molecule has 1 aromatic carbocycles. The fourth-order valence-electron chi connectivity index (χ4n) is 1.95. The Bertz CT molecular complexity index is 275. The van der Waals surface area contributed by atoms with Gasteiger partial charge in [-0.2, -0.15) is 0 Å². The van der Waals surface area contributed by atoms with Crippen molar-refractivity contribution in [3.63, 3.8) is 0 Å². The predicted molar refractivity (Wildman–Crippen MR) is 59.1 cm³/mol. The molecule has 0 unspecified atom stereocenters. The summed E-state index contributed by atoms with van der Waals surface area (Å²) in [4.78, 5) is 2.45. The van der Waals surface area contributed by atoms with Gasteiger partial charge in [-0.3, -0.25) is 0 Å². The largest absolute Gasteiger partial charge is 0.497 e. The first-order valence-corrected chi connectivity index (χ1v) is 5.29. The minimum atomic E-state index is 0.936. The monoisotopic (exact) mass is 191 g/mol. The highest BCUT2D eigenvalue weighted by atomic mass is 16.5. The maximum atomic E-state index is 5.14. The summed E-state index contributed by atoms with van der Waals surface area (Å²) in [5.41, 5.74) is 1.32. The van der Waals surface area contributed by atoms with Crippen LogP contribution in [0.1, 0.15) is 19.3 Å². The van der Waals surface area contributed by atoms with Crippen LogP contribution in [0, 0.1) is 0 Å². The molecule has 2 nitrogen and oxygen atoms in total. The van der Waals surface area contributed by atoms with Gasteiger partial charge in [0.1, 0.15) is 5.75 Å². The van der Waals surface area contributed by atoms with Gasteiger partial charge in [0, 0.05) is 18.8 Å². The second kappa shape index (κ2) is 4.36. The lowest BCUT2D eigenvalue weighted by Gasteiger charge is -2.28. The number of rotatable bonds is 2. The van der Waals surface area contributed by atoms with Crippen molar-refractivity contribution in [3.8, 4) is 5.75 Å². The van der Waals surface area contributed by atoms with Gasteiger partial charge in [0.2, 0.25) is 0 Å². The number of piperidine rings is 1. The molecule has 0 atom stereocenters. The van der Waals surface area contributed by atoms with Crippen LogP contribution in [0.5, 0.6) is 5.75 Å². The maximum Gasteiger partial charge on any atom is 0.119 e. The van der Waals surface area contributed by atoms with Crippen LogP contribution in [0.4, 0.5) is 5.69 Å². The quantitative estimate of drug-likeness (QED) is 0.712. The van der Waals surface area contributed by atoms with Gasteiger partial charge in [0.05, 0.1) is 7.11 Å². The lowest BCUT2D eigenvalue weighted by atomic mass is 10.1. The maximum absolute atomic E-state index is 5.14. The predicted octanol–water partition coefficient (Wildman–Crippen LogP) is 2.69. The van der Waals surface area contributed by atoms with Crippen LogP contribution >= 0.6 is 0 Å². The van der Waals surface area contributed by atoms with Crippen molar-refractivity contribution in [2.75, 3.05) is 25.1 Å². The van der Waals surface area contributed by atoms with Gasteiger partial charge >= 0.3 is 0 Å². The summed E-state index contributed by atoms with van der Waals surface area (Å²) in [5.74, 6) is 0.936. The summed E-state index contributed by atoms with van der Waals surface area (Å²) >= 11 is 0. The van der Waals surface area contributed by atoms with Crippen LogP contribution in [0.2, 0.25) is 0 Å². The van der Waals surface area contributed by atoms with Gasteiger partial charge in [-0.15, -0.1) is 0 Å². The van der Waals surface area contributed by atoms with Crippen LogP contribution in [0.3, 0.4) is 0 Å². The number of anilines is 1. The average Bonchev–Trinajstić information content (AvgIpc) is 2.30. The molecule has 1 heterocycles. The topological polar surface area (TPSA) is 12.5 Å². The van der Waals surface area contributed by atoms with Crippen LogP contribution in [0.15, 0.2) is 24.3 Å². The highest BCUT2D eigenvalue weighted by Crippen LogP contribution is 2.22. The van der Waals surface area contributed by atoms with Crippen LogP contribution in [0.25, 0.3) is 0 Å². The van der Waals surface area contributed by atoms with Crippen molar-refractivity contribution in [1.29, 1.82) is 0 Å². The Kier molecular flexibility index (Phi) is 2.92. The molecular formula is C12H17NO. The van der Waals surface area contributed by atoms with E-state index in [0.29, 0.717) is 0 Å². The Morgan fingerprint density at radius 1 is 1.00 bits per heavy atom. The van der Waals surface area contributed by atoms with Crippen molar-refractivity contribution in [1.82, 2.24) is 0 Å². The van der Waals surface area contributed by atoms with Crippen molar-refractivity contribution >= 4 is 5.69 Å². The molecule has 0 aromatic heterocycles. The summed E-state index contributed by atoms with van der Waals surface area (Å²) in [6.07, 6.45) is 4.03. The fourth-order valence-corrected chi connectivity index (χ4v) is 1.95. The van der Waals surface area contributed by atoms with E-state index >= 15 is 0 Å². The fraction of sp³-hybridized carbons (Fsp3) is 0.500. The van der Waals surface area contributed by atoms with E-state index in [1.54, 1.807) is 7.11 Å². The van der Waals surface area contributed by atoms with Crippen LogP contribution in [-0.2, 0) is 0 Å². The van der Waals surface area contributed by atoms with E-state index in [1.165, 1.54) is 38.0 Å². The van der Waals surface area contributed by atoms with E-state index in [9.17, 15) is 0 Å². The first-order valence-electron chi connectivity index (χ1n) is 5.29. The molecule has 1 fully saturated rings. The lowest BCUT2D eigenvalue weighted by molar-refractivity contribution is 0.414.